The van der Waals surface area contributed by atoms with Crippen LogP contribution in [0.5, 0.6) is 0 Å². The number of hydrogen-bond donors (Lipinski definition) is 0. The van der Waals surface area contributed by atoms with Gasteiger partial charge in [-0.1, -0.05) is 0 Å². The normalized spacial score (nSPS) is 18.2. The van der Waals surface area contributed by atoms with Gasteiger partial charge in [-0.2, -0.15) is 87.8 Å². The fourth-order valence-electron chi connectivity index (χ4n) is 1.21. The molecular formula is C9F20O2. The standard InChI is InChI=1S/C9F20O2/c10-1(11,4(14,15)16)8(26,27)31-3(13,7(23,24)25)9(28,29)30-2(12,5(17,18)19)6(20,21)22. The number of ether oxygens (including phenoxy) is 2. The summed E-state index contributed by atoms with van der Waals surface area (Å²) in [6, 6.07) is 0. The molecule has 2 nitrogen and oxygen atoms in total. The van der Waals surface area contributed by atoms with Crippen molar-refractivity contribution in [3.8, 4) is 0 Å². The van der Waals surface area contributed by atoms with Crippen LogP contribution in [0.1, 0.15) is 0 Å². The highest BCUT2D eigenvalue weighted by Gasteiger charge is 2.87. The van der Waals surface area contributed by atoms with Crippen molar-refractivity contribution >= 4 is 0 Å². The van der Waals surface area contributed by atoms with Gasteiger partial charge in [0.1, 0.15) is 0 Å². The third-order valence-electron chi connectivity index (χ3n) is 2.73. The first-order valence-corrected chi connectivity index (χ1v) is 6.10. The molecule has 22 heteroatoms. The Kier molecular flexibility index (Phi) is 6.92. The molecule has 0 amide bonds. The Bertz CT molecular complexity index is 621. The topological polar surface area (TPSA) is 18.5 Å². The summed E-state index contributed by atoms with van der Waals surface area (Å²) in [4.78, 5) is 0. The van der Waals surface area contributed by atoms with Crippen molar-refractivity contribution in [3.05, 3.63) is 0 Å². The summed E-state index contributed by atoms with van der Waals surface area (Å²) in [6.45, 7) is 0. The number of alkyl halides is 20. The molecule has 31 heavy (non-hydrogen) atoms. The molecule has 188 valence electrons. The number of hydrogen-bond acceptors (Lipinski definition) is 2. The lowest BCUT2D eigenvalue weighted by atomic mass is 10.2. The highest BCUT2D eigenvalue weighted by molar-refractivity contribution is 4.96. The maximum Gasteiger partial charge on any atom is 0.462 e. The first-order chi connectivity index (χ1) is 12.9. The molecular weight excluding hydrogens is 520 g/mol. The summed E-state index contributed by atoms with van der Waals surface area (Å²) in [5.41, 5.74) is 0. The van der Waals surface area contributed by atoms with E-state index < -0.39 is 54.6 Å². The van der Waals surface area contributed by atoms with Gasteiger partial charge in [0.2, 0.25) is 0 Å². The molecule has 0 aliphatic heterocycles. The summed E-state index contributed by atoms with van der Waals surface area (Å²) in [6.07, 6.45) is -48.0. The van der Waals surface area contributed by atoms with Gasteiger partial charge in [0.15, 0.2) is 0 Å². The molecule has 0 spiro atoms. The zero-order valence-corrected chi connectivity index (χ0v) is 12.9. The predicted octanol–water partition coefficient (Wildman–Crippen LogP) is 6.42. The third-order valence-corrected chi connectivity index (χ3v) is 2.73. The van der Waals surface area contributed by atoms with E-state index in [9.17, 15) is 87.8 Å². The van der Waals surface area contributed by atoms with Gasteiger partial charge >= 0.3 is 54.6 Å². The van der Waals surface area contributed by atoms with Gasteiger partial charge < -0.3 is 0 Å². The Morgan fingerprint density at radius 3 is 0.774 bits per heavy atom. The molecule has 0 aromatic rings. The minimum atomic E-state index is -8.34. The molecule has 0 aliphatic carbocycles. The number of rotatable bonds is 6. The van der Waals surface area contributed by atoms with E-state index in [2.05, 4.69) is 0 Å². The molecule has 0 fully saturated rings. The fourth-order valence-corrected chi connectivity index (χ4v) is 1.21. The van der Waals surface area contributed by atoms with Crippen molar-refractivity contribution in [3.63, 3.8) is 0 Å². The van der Waals surface area contributed by atoms with Crippen molar-refractivity contribution in [2.24, 2.45) is 0 Å². The lowest BCUT2D eigenvalue weighted by Gasteiger charge is -2.40. The van der Waals surface area contributed by atoms with E-state index in [1.54, 1.807) is 0 Å². The van der Waals surface area contributed by atoms with Crippen LogP contribution in [0.4, 0.5) is 87.8 Å². The lowest BCUT2D eigenvalue weighted by Crippen LogP contribution is -2.69. The van der Waals surface area contributed by atoms with E-state index >= 15 is 0 Å². The van der Waals surface area contributed by atoms with E-state index in [4.69, 9.17) is 0 Å². The van der Waals surface area contributed by atoms with Gasteiger partial charge in [-0.05, 0) is 0 Å². The van der Waals surface area contributed by atoms with Crippen molar-refractivity contribution in [1.29, 1.82) is 0 Å². The monoisotopic (exact) mass is 520 g/mol. The first-order valence-electron chi connectivity index (χ1n) is 6.10. The highest BCUT2D eigenvalue weighted by Crippen LogP contribution is 2.58. The Hall–Kier alpha value is -1.48. The van der Waals surface area contributed by atoms with Crippen LogP contribution in [0.15, 0.2) is 0 Å². The first kappa shape index (κ1) is 29.5. The molecule has 0 N–H and O–H groups in total. The van der Waals surface area contributed by atoms with Crippen LogP contribution >= 0.6 is 0 Å². The molecule has 0 saturated carbocycles. The van der Waals surface area contributed by atoms with Crippen LogP contribution < -0.4 is 0 Å². The minimum Gasteiger partial charge on any atom is -0.262 e. The second-order valence-electron chi connectivity index (χ2n) is 4.99. The van der Waals surface area contributed by atoms with Gasteiger partial charge in [-0.25, -0.2) is 0 Å². The van der Waals surface area contributed by atoms with E-state index in [0.29, 0.717) is 0 Å². The summed E-state index contributed by atoms with van der Waals surface area (Å²) < 4.78 is 251. The SMILES string of the molecule is FC(F)(F)C(F)(F)C(F)(F)OC(F)(C(F)(F)F)C(F)(F)OC(F)(C(F)(F)F)C(F)(F)F. The van der Waals surface area contributed by atoms with Gasteiger partial charge in [0.25, 0.3) is 0 Å². The zero-order valence-electron chi connectivity index (χ0n) is 12.9. The number of halogens is 20. The predicted molar refractivity (Wildman–Crippen MR) is 48.9 cm³/mol. The summed E-state index contributed by atoms with van der Waals surface area (Å²) in [7, 11) is 0. The average molecular weight is 520 g/mol. The van der Waals surface area contributed by atoms with E-state index in [-0.39, 0.29) is 0 Å². The molecule has 0 heterocycles. The lowest BCUT2D eigenvalue weighted by molar-refractivity contribution is -0.566. The second-order valence-corrected chi connectivity index (χ2v) is 4.99. The maximum atomic E-state index is 13.5. The molecule has 0 aliphatic rings. The molecule has 1 atom stereocenters. The van der Waals surface area contributed by atoms with Crippen LogP contribution in [0.3, 0.4) is 0 Å². The van der Waals surface area contributed by atoms with Crippen LogP contribution in [0.2, 0.25) is 0 Å². The third kappa shape index (κ3) is 4.82. The quantitative estimate of drug-likeness (QED) is 0.377. The molecule has 0 aromatic carbocycles. The Morgan fingerprint density at radius 2 is 0.548 bits per heavy atom. The molecule has 1 unspecified atom stereocenters. The van der Waals surface area contributed by atoms with Gasteiger partial charge in [0.05, 0.1) is 0 Å². The Labute approximate surface area is 153 Å². The fraction of sp³-hybridized carbons (Fsp3) is 1.00. The second kappa shape index (κ2) is 7.27. The molecule has 0 rings (SSSR count). The zero-order chi connectivity index (χ0) is 25.9. The molecule has 0 saturated heterocycles. The van der Waals surface area contributed by atoms with Crippen molar-refractivity contribution < 1.29 is 97.3 Å². The minimum absolute atomic E-state index is 1.05. The van der Waals surface area contributed by atoms with Gasteiger partial charge in [-0.15, -0.1) is 0 Å². The summed E-state index contributed by atoms with van der Waals surface area (Å²) >= 11 is 0. The van der Waals surface area contributed by atoms with Crippen molar-refractivity contribution in [1.82, 2.24) is 0 Å². The van der Waals surface area contributed by atoms with Crippen molar-refractivity contribution in [2.45, 2.75) is 54.6 Å². The average Bonchev–Trinajstić information content (AvgIpc) is 2.40. The van der Waals surface area contributed by atoms with Crippen LogP contribution in [-0.4, -0.2) is 54.6 Å². The van der Waals surface area contributed by atoms with Crippen LogP contribution in [0, 0.1) is 0 Å². The van der Waals surface area contributed by atoms with Gasteiger partial charge in [0, 0.05) is 0 Å². The molecule has 0 aromatic heterocycles. The molecule has 0 radical (unpaired) electrons. The highest BCUT2D eigenvalue weighted by atomic mass is 19.4. The molecule has 0 bridgehead atoms. The largest absolute Gasteiger partial charge is 0.462 e. The van der Waals surface area contributed by atoms with Gasteiger partial charge in [-0.3, -0.25) is 9.47 Å². The smallest absolute Gasteiger partial charge is 0.262 e. The van der Waals surface area contributed by atoms with Crippen LogP contribution in [0.25, 0.3) is 0 Å². The summed E-state index contributed by atoms with van der Waals surface area (Å²) in [5.74, 6) is -24.3. The van der Waals surface area contributed by atoms with E-state index in [1.807, 2.05) is 0 Å². The Morgan fingerprint density at radius 1 is 0.290 bits per heavy atom. The van der Waals surface area contributed by atoms with Crippen LogP contribution in [-0.2, 0) is 9.47 Å². The van der Waals surface area contributed by atoms with E-state index in [0.717, 1.165) is 9.47 Å². The van der Waals surface area contributed by atoms with Crippen molar-refractivity contribution in [2.75, 3.05) is 0 Å². The Balaban J connectivity index is 6.73. The summed E-state index contributed by atoms with van der Waals surface area (Å²) in [5, 5.41) is 0. The maximum absolute atomic E-state index is 13.5. The van der Waals surface area contributed by atoms with E-state index in [1.165, 1.54) is 0 Å².